The van der Waals surface area contributed by atoms with Gasteiger partial charge in [-0.25, -0.2) is 0 Å². The molecule has 0 radical (unpaired) electrons. The molecule has 0 rings (SSSR count). The van der Waals surface area contributed by atoms with E-state index >= 15 is 0 Å². The average molecular weight is 200 g/mol. The Morgan fingerprint density at radius 3 is 1.85 bits per heavy atom. The van der Waals surface area contributed by atoms with Gasteiger partial charge in [0.15, 0.2) is 0 Å². The zero-order valence-electron chi connectivity index (χ0n) is 9.78. The van der Waals surface area contributed by atoms with Crippen LogP contribution in [0.4, 0.5) is 0 Å². The lowest BCUT2D eigenvalue weighted by Gasteiger charge is -2.00. The molecule has 0 atom stereocenters. The van der Waals surface area contributed by atoms with Crippen molar-refractivity contribution in [2.75, 3.05) is 0 Å². The first-order chi connectivity index (χ1) is 6.41. The van der Waals surface area contributed by atoms with Crippen LogP contribution in [0.1, 0.15) is 65.2 Å². The zero-order chi connectivity index (χ0) is 9.78. The van der Waals surface area contributed by atoms with Crippen molar-refractivity contribution >= 4 is 9.52 Å². The molecule has 0 aromatic carbocycles. The highest BCUT2D eigenvalue weighted by molar-refractivity contribution is 6.35. The lowest BCUT2D eigenvalue weighted by Crippen LogP contribution is -1.89. The van der Waals surface area contributed by atoms with Gasteiger partial charge < -0.3 is 0 Å². The second-order valence-electron chi connectivity index (χ2n) is 4.18. The fraction of sp³-hybridized carbons (Fsp3) is 1.00. The Balaban J connectivity index is 2.76. The third-order valence-electron chi connectivity index (χ3n) is 2.71. The van der Waals surface area contributed by atoms with Crippen molar-refractivity contribution in [3.8, 4) is 0 Å². The number of rotatable bonds is 10. The lowest BCUT2D eigenvalue weighted by atomic mass is 10.1. The van der Waals surface area contributed by atoms with Crippen LogP contribution in [-0.4, -0.2) is 9.52 Å². The smallest absolute Gasteiger partial charge is 0.0197 e. The molecular formula is C12H28Si. The molecule has 0 amide bonds. The summed E-state index contributed by atoms with van der Waals surface area (Å²) in [4.78, 5) is 0. The first kappa shape index (κ1) is 13.2. The molecule has 0 aromatic heterocycles. The molecule has 0 aliphatic carbocycles. The van der Waals surface area contributed by atoms with Gasteiger partial charge in [-0.15, -0.1) is 0 Å². The molecule has 0 bridgehead atoms. The van der Waals surface area contributed by atoms with E-state index in [2.05, 4.69) is 13.8 Å². The number of hydrogen-bond acceptors (Lipinski definition) is 0. The zero-order valence-corrected chi connectivity index (χ0v) is 11.2. The first-order valence-electron chi connectivity index (χ1n) is 6.41. The Labute approximate surface area is 87.3 Å². The van der Waals surface area contributed by atoms with E-state index in [0.717, 1.165) is 0 Å². The summed E-state index contributed by atoms with van der Waals surface area (Å²) >= 11 is 0. The first-order valence-corrected chi connectivity index (χ1v) is 8.41. The standard InChI is InChI=1S/C12H28Si/c1-3-5-7-8-9-10-12-13-11-6-4-2/h3-13H2,1-2H3. The van der Waals surface area contributed by atoms with Crippen LogP contribution in [0.15, 0.2) is 0 Å². The second kappa shape index (κ2) is 12.2. The molecule has 0 saturated carbocycles. The largest absolute Gasteiger partial charge is 0.0654 e. The maximum atomic E-state index is 2.30. The lowest BCUT2D eigenvalue weighted by molar-refractivity contribution is 0.623. The quantitative estimate of drug-likeness (QED) is 0.367. The van der Waals surface area contributed by atoms with Gasteiger partial charge >= 0.3 is 0 Å². The van der Waals surface area contributed by atoms with Crippen LogP contribution < -0.4 is 0 Å². The van der Waals surface area contributed by atoms with Gasteiger partial charge in [0.05, 0.1) is 0 Å². The minimum absolute atomic E-state index is 0.361. The molecule has 0 fully saturated rings. The Hall–Kier alpha value is 0.217. The van der Waals surface area contributed by atoms with E-state index in [-0.39, 0.29) is 0 Å². The van der Waals surface area contributed by atoms with E-state index in [1.54, 1.807) is 18.5 Å². The van der Waals surface area contributed by atoms with Gasteiger partial charge in [0.25, 0.3) is 0 Å². The maximum absolute atomic E-state index is 2.30. The monoisotopic (exact) mass is 200 g/mol. The Bertz CT molecular complexity index is 71.2. The molecule has 80 valence electrons. The van der Waals surface area contributed by atoms with Gasteiger partial charge in [-0.05, 0) is 0 Å². The van der Waals surface area contributed by atoms with Gasteiger partial charge in [0.1, 0.15) is 0 Å². The fourth-order valence-electron chi connectivity index (χ4n) is 1.74. The molecule has 0 saturated heterocycles. The molecule has 1 heteroatoms. The normalized spacial score (nSPS) is 11.5. The second-order valence-corrected chi connectivity index (χ2v) is 6.30. The van der Waals surface area contributed by atoms with Gasteiger partial charge in [-0.2, -0.15) is 0 Å². The Morgan fingerprint density at radius 2 is 1.15 bits per heavy atom. The predicted molar refractivity (Wildman–Crippen MR) is 66.4 cm³/mol. The summed E-state index contributed by atoms with van der Waals surface area (Å²) < 4.78 is 0. The molecule has 0 aliphatic rings. The van der Waals surface area contributed by atoms with Gasteiger partial charge in [0, 0.05) is 9.52 Å². The van der Waals surface area contributed by atoms with Crippen LogP contribution in [0.25, 0.3) is 0 Å². The molecular weight excluding hydrogens is 172 g/mol. The summed E-state index contributed by atoms with van der Waals surface area (Å²) in [6.45, 7) is 4.59. The van der Waals surface area contributed by atoms with E-state index in [1.807, 2.05) is 0 Å². The average Bonchev–Trinajstić information content (AvgIpc) is 2.16. The number of unbranched alkanes of at least 4 members (excludes halogenated alkanes) is 6. The minimum Gasteiger partial charge on any atom is -0.0654 e. The Morgan fingerprint density at radius 1 is 0.615 bits per heavy atom. The molecule has 0 N–H and O–H groups in total. The molecule has 0 heterocycles. The summed E-state index contributed by atoms with van der Waals surface area (Å²) in [6, 6.07) is 3.22. The van der Waals surface area contributed by atoms with Crippen molar-refractivity contribution in [1.29, 1.82) is 0 Å². The van der Waals surface area contributed by atoms with Gasteiger partial charge in [-0.1, -0.05) is 77.3 Å². The van der Waals surface area contributed by atoms with E-state index in [9.17, 15) is 0 Å². The molecule has 0 spiro atoms. The maximum Gasteiger partial charge on any atom is 0.0197 e. The van der Waals surface area contributed by atoms with Crippen LogP contribution in [-0.2, 0) is 0 Å². The molecule has 13 heavy (non-hydrogen) atoms. The highest BCUT2D eigenvalue weighted by atomic mass is 28.2. The summed E-state index contributed by atoms with van der Waals surface area (Å²) in [6.07, 6.45) is 11.8. The fourth-order valence-corrected chi connectivity index (χ4v) is 3.65. The molecule has 0 nitrogen and oxygen atoms in total. The molecule has 0 aliphatic heterocycles. The SMILES string of the molecule is CCCCCCCC[SiH2]CCCC. The van der Waals surface area contributed by atoms with Crippen molar-refractivity contribution in [1.82, 2.24) is 0 Å². The number of hydrogen-bond donors (Lipinski definition) is 0. The summed E-state index contributed by atoms with van der Waals surface area (Å²) in [5, 5.41) is 0. The third-order valence-corrected chi connectivity index (χ3v) is 4.71. The van der Waals surface area contributed by atoms with Crippen LogP contribution in [0.3, 0.4) is 0 Å². The van der Waals surface area contributed by atoms with Crippen molar-refractivity contribution in [3.05, 3.63) is 0 Å². The van der Waals surface area contributed by atoms with Gasteiger partial charge in [-0.3, -0.25) is 0 Å². The van der Waals surface area contributed by atoms with Crippen LogP contribution in [0, 0.1) is 0 Å². The van der Waals surface area contributed by atoms with Crippen molar-refractivity contribution in [2.24, 2.45) is 0 Å². The van der Waals surface area contributed by atoms with E-state index in [0.29, 0.717) is 9.52 Å². The summed E-state index contributed by atoms with van der Waals surface area (Å²) in [5.41, 5.74) is 0. The van der Waals surface area contributed by atoms with E-state index in [4.69, 9.17) is 0 Å². The highest BCUT2D eigenvalue weighted by Gasteiger charge is 1.91. The third kappa shape index (κ3) is 12.2. The van der Waals surface area contributed by atoms with Gasteiger partial charge in [0.2, 0.25) is 0 Å². The van der Waals surface area contributed by atoms with Crippen molar-refractivity contribution < 1.29 is 0 Å². The van der Waals surface area contributed by atoms with E-state index in [1.165, 1.54) is 44.9 Å². The molecule has 0 aromatic rings. The van der Waals surface area contributed by atoms with Crippen molar-refractivity contribution in [2.45, 2.75) is 77.3 Å². The van der Waals surface area contributed by atoms with Crippen molar-refractivity contribution in [3.63, 3.8) is 0 Å². The summed E-state index contributed by atoms with van der Waals surface area (Å²) in [5.74, 6) is 0. The van der Waals surface area contributed by atoms with E-state index < -0.39 is 0 Å². The summed E-state index contributed by atoms with van der Waals surface area (Å²) in [7, 11) is 0.361. The topological polar surface area (TPSA) is 0 Å². The minimum atomic E-state index is 0.361. The van der Waals surface area contributed by atoms with Crippen LogP contribution in [0.2, 0.25) is 12.1 Å². The highest BCUT2D eigenvalue weighted by Crippen LogP contribution is 2.08. The predicted octanol–water partition coefficient (Wildman–Crippen LogP) is 4.15. The molecule has 0 unspecified atom stereocenters. The van der Waals surface area contributed by atoms with Crippen LogP contribution >= 0.6 is 0 Å². The van der Waals surface area contributed by atoms with Crippen LogP contribution in [0.5, 0.6) is 0 Å². The Kier molecular flexibility index (Phi) is 12.4.